The molecule has 0 heterocycles. The number of methoxy groups -OCH3 is 1. The third kappa shape index (κ3) is 5.89. The predicted octanol–water partition coefficient (Wildman–Crippen LogP) is 2.56. The molecule has 10 heteroatoms. The van der Waals surface area contributed by atoms with E-state index in [4.69, 9.17) is 4.21 Å². The van der Waals surface area contributed by atoms with Gasteiger partial charge in [0.15, 0.2) is 0 Å². The second kappa shape index (κ2) is 7.96. The van der Waals surface area contributed by atoms with Gasteiger partial charge in [-0.1, -0.05) is 0 Å². The zero-order chi connectivity index (χ0) is 14.3. The van der Waals surface area contributed by atoms with Crippen molar-refractivity contribution in [1.82, 2.24) is 0 Å². The van der Waals surface area contributed by atoms with Crippen molar-refractivity contribution in [2.75, 3.05) is 7.11 Å². The molecule has 0 aromatic heterocycles. The number of nitro benzene ring substituents is 1. The second-order valence-electron chi connectivity index (χ2n) is 2.60. The predicted molar refractivity (Wildman–Crippen MR) is 64.2 cm³/mol. The van der Waals surface area contributed by atoms with Crippen molar-refractivity contribution >= 4 is 42.2 Å². The van der Waals surface area contributed by atoms with Crippen LogP contribution in [0.2, 0.25) is 0 Å². The van der Waals surface area contributed by atoms with Gasteiger partial charge in [0, 0.05) is 27.4 Å². The minimum atomic E-state index is -1.67. The Balaban J connectivity index is 0.000000631. The molecule has 0 atom stereocenters. The standard InChI is InChI=1S/C8H6FNO4.Cl2OS/c1-14-8(11)5-2-3-6(9)7(4-5)10(12)13;1-4(2)3/h2-4H,1H3;. The van der Waals surface area contributed by atoms with Crippen molar-refractivity contribution < 1.29 is 23.1 Å². The number of halogens is 3. The molecule has 18 heavy (non-hydrogen) atoms. The van der Waals surface area contributed by atoms with Gasteiger partial charge in [0.25, 0.3) is 0 Å². The molecule has 1 rings (SSSR count). The summed E-state index contributed by atoms with van der Waals surface area (Å²) >= 11 is 0. The molecule has 0 bridgehead atoms. The number of benzene rings is 1. The van der Waals surface area contributed by atoms with Gasteiger partial charge in [0.1, 0.15) is 0 Å². The van der Waals surface area contributed by atoms with E-state index in [9.17, 15) is 19.3 Å². The van der Waals surface area contributed by atoms with Gasteiger partial charge in [-0.25, -0.2) is 9.00 Å². The van der Waals surface area contributed by atoms with Crippen LogP contribution < -0.4 is 0 Å². The number of hydrogen-bond donors (Lipinski definition) is 0. The zero-order valence-corrected chi connectivity index (χ0v) is 11.1. The van der Waals surface area contributed by atoms with E-state index in [0.29, 0.717) is 0 Å². The lowest BCUT2D eigenvalue weighted by Gasteiger charge is -1.98. The number of hydrogen-bond acceptors (Lipinski definition) is 5. The first-order chi connectivity index (χ1) is 8.29. The monoisotopic (exact) mass is 317 g/mol. The van der Waals surface area contributed by atoms with E-state index in [-0.39, 0.29) is 5.56 Å². The highest BCUT2D eigenvalue weighted by atomic mass is 36.0. The van der Waals surface area contributed by atoms with Crippen molar-refractivity contribution in [1.29, 1.82) is 0 Å². The molecular formula is C8H6Cl2FNO5S. The van der Waals surface area contributed by atoms with Crippen molar-refractivity contribution in [2.45, 2.75) is 0 Å². The Bertz CT molecular complexity index is 481. The van der Waals surface area contributed by atoms with Crippen molar-refractivity contribution in [2.24, 2.45) is 0 Å². The topological polar surface area (TPSA) is 86.5 Å². The number of nitro groups is 1. The molecule has 0 aliphatic rings. The van der Waals surface area contributed by atoms with Crippen LogP contribution in [0.3, 0.4) is 0 Å². The summed E-state index contributed by atoms with van der Waals surface area (Å²) in [6, 6.07) is 2.81. The molecule has 1 aromatic rings. The van der Waals surface area contributed by atoms with Gasteiger partial charge in [0.2, 0.25) is 15.0 Å². The van der Waals surface area contributed by atoms with E-state index in [1.807, 2.05) is 0 Å². The molecule has 0 aliphatic heterocycles. The van der Waals surface area contributed by atoms with Crippen LogP contribution in [0.1, 0.15) is 10.4 Å². The molecule has 0 saturated carbocycles. The summed E-state index contributed by atoms with van der Waals surface area (Å²) in [7, 11) is 8.49. The van der Waals surface area contributed by atoms with Crippen LogP contribution in [0.15, 0.2) is 18.2 Å². The van der Waals surface area contributed by atoms with Gasteiger partial charge in [0.05, 0.1) is 17.6 Å². The number of ether oxygens (including phenoxy) is 1. The SMILES string of the molecule is COC(=O)c1ccc(F)c([N+](=O)[O-])c1.O=S(Cl)Cl. The first kappa shape index (κ1) is 16.8. The number of carbonyl (C=O) groups is 1. The fourth-order valence-corrected chi connectivity index (χ4v) is 0.897. The zero-order valence-electron chi connectivity index (χ0n) is 8.76. The maximum Gasteiger partial charge on any atom is 0.338 e. The van der Waals surface area contributed by atoms with E-state index < -0.39 is 31.6 Å². The van der Waals surface area contributed by atoms with Gasteiger partial charge in [-0.15, -0.1) is 0 Å². The molecule has 0 fully saturated rings. The van der Waals surface area contributed by atoms with Gasteiger partial charge in [-0.3, -0.25) is 10.1 Å². The molecule has 6 nitrogen and oxygen atoms in total. The highest BCUT2D eigenvalue weighted by Gasteiger charge is 2.17. The summed E-state index contributed by atoms with van der Waals surface area (Å²) in [6.07, 6.45) is 0. The minimum Gasteiger partial charge on any atom is -0.465 e. The molecule has 100 valence electrons. The van der Waals surface area contributed by atoms with Crippen molar-refractivity contribution in [3.8, 4) is 0 Å². The Hall–Kier alpha value is -1.25. The Morgan fingerprint density at radius 2 is 2.00 bits per heavy atom. The molecule has 0 unspecified atom stereocenters. The summed E-state index contributed by atoms with van der Waals surface area (Å²) in [5, 5.41) is 10.3. The van der Waals surface area contributed by atoms with Gasteiger partial charge < -0.3 is 4.74 Å². The summed E-state index contributed by atoms with van der Waals surface area (Å²) in [6.45, 7) is 0. The average Bonchev–Trinajstić information content (AvgIpc) is 2.27. The van der Waals surface area contributed by atoms with Gasteiger partial charge >= 0.3 is 11.7 Å². The lowest BCUT2D eigenvalue weighted by Crippen LogP contribution is -2.03. The first-order valence-electron chi connectivity index (χ1n) is 4.06. The first-order valence-corrected chi connectivity index (χ1v) is 6.86. The number of nitrogens with zero attached hydrogens (tertiary/aromatic N) is 1. The van der Waals surface area contributed by atoms with Crippen LogP contribution in [0, 0.1) is 15.9 Å². The quantitative estimate of drug-likeness (QED) is 0.362. The van der Waals surface area contributed by atoms with Crippen LogP contribution >= 0.6 is 21.4 Å². The maximum atomic E-state index is 12.8. The summed E-state index contributed by atoms with van der Waals surface area (Å²) in [5.74, 6) is -1.73. The molecular weight excluding hydrogens is 312 g/mol. The minimum absolute atomic E-state index is 0.0550. The third-order valence-electron chi connectivity index (χ3n) is 1.56. The van der Waals surface area contributed by atoms with Crippen molar-refractivity contribution in [3.63, 3.8) is 0 Å². The fraction of sp³-hybridized carbons (Fsp3) is 0.125. The van der Waals surface area contributed by atoms with Crippen LogP contribution in [-0.4, -0.2) is 22.2 Å². The summed E-state index contributed by atoms with van der Waals surface area (Å²) in [4.78, 5) is 20.3. The molecule has 0 saturated heterocycles. The van der Waals surface area contributed by atoms with E-state index in [1.54, 1.807) is 0 Å². The van der Waals surface area contributed by atoms with Gasteiger partial charge in [-0.2, -0.15) is 4.39 Å². The number of esters is 1. The molecule has 1 aromatic carbocycles. The lowest BCUT2D eigenvalue weighted by molar-refractivity contribution is -0.387. The number of carbonyl (C=O) groups excluding carboxylic acids is 1. The Labute approximate surface area is 112 Å². The van der Waals surface area contributed by atoms with E-state index in [1.165, 1.54) is 0 Å². The molecule has 0 aliphatic carbocycles. The molecule has 0 amide bonds. The van der Waals surface area contributed by atoms with E-state index in [0.717, 1.165) is 25.3 Å². The van der Waals surface area contributed by atoms with Crippen LogP contribution in [0.5, 0.6) is 0 Å². The Morgan fingerprint density at radius 3 is 2.39 bits per heavy atom. The maximum absolute atomic E-state index is 12.8. The fourth-order valence-electron chi connectivity index (χ4n) is 0.897. The Kier molecular flexibility index (Phi) is 7.41. The lowest BCUT2D eigenvalue weighted by atomic mass is 10.2. The van der Waals surface area contributed by atoms with E-state index in [2.05, 4.69) is 26.1 Å². The molecule has 0 radical (unpaired) electrons. The van der Waals surface area contributed by atoms with Crippen molar-refractivity contribution in [3.05, 3.63) is 39.7 Å². The van der Waals surface area contributed by atoms with Gasteiger partial charge in [-0.05, 0) is 12.1 Å². The average molecular weight is 318 g/mol. The highest BCUT2D eigenvalue weighted by Crippen LogP contribution is 2.18. The molecule has 0 N–H and O–H groups in total. The molecule has 0 spiro atoms. The van der Waals surface area contributed by atoms with Crippen LogP contribution in [-0.2, 0) is 14.0 Å². The second-order valence-corrected chi connectivity index (χ2v) is 5.12. The smallest absolute Gasteiger partial charge is 0.338 e. The van der Waals surface area contributed by atoms with E-state index >= 15 is 0 Å². The summed E-state index contributed by atoms with van der Waals surface area (Å²) < 4.78 is 26.2. The van der Waals surface area contributed by atoms with Crippen LogP contribution in [0.4, 0.5) is 10.1 Å². The third-order valence-corrected chi connectivity index (χ3v) is 1.56. The highest BCUT2D eigenvalue weighted by molar-refractivity contribution is 8.26. The van der Waals surface area contributed by atoms with Crippen LogP contribution in [0.25, 0.3) is 0 Å². The largest absolute Gasteiger partial charge is 0.465 e. The normalized spacial score (nSPS) is 9.39. The number of rotatable bonds is 2. The summed E-state index contributed by atoms with van der Waals surface area (Å²) in [5.41, 5.74) is -0.798. The Morgan fingerprint density at radius 1 is 1.50 bits per heavy atom.